The number of ketones is 1. The summed E-state index contributed by atoms with van der Waals surface area (Å²) in [5.41, 5.74) is 4.06. The van der Waals surface area contributed by atoms with Crippen molar-refractivity contribution >= 4 is 16.9 Å². The molecule has 0 N–H and O–H groups in total. The zero-order valence-electron chi connectivity index (χ0n) is 17.1. The second-order valence-electron chi connectivity index (χ2n) is 8.32. The van der Waals surface area contributed by atoms with E-state index >= 15 is 0 Å². The minimum atomic E-state index is 0.123. The summed E-state index contributed by atoms with van der Waals surface area (Å²) < 4.78 is 16.6. The van der Waals surface area contributed by atoms with E-state index in [1.807, 2.05) is 18.2 Å². The van der Waals surface area contributed by atoms with E-state index in [1.165, 1.54) is 24.8 Å². The van der Waals surface area contributed by atoms with Crippen molar-refractivity contribution in [2.24, 2.45) is 23.7 Å². The second kappa shape index (κ2) is 6.94. The lowest BCUT2D eigenvalue weighted by molar-refractivity contribution is -0.118. The number of benzene rings is 2. The van der Waals surface area contributed by atoms with E-state index in [0.29, 0.717) is 35.0 Å². The van der Waals surface area contributed by atoms with Gasteiger partial charge in [0, 0.05) is 11.5 Å². The lowest BCUT2D eigenvalue weighted by Gasteiger charge is -2.26. The van der Waals surface area contributed by atoms with Crippen LogP contribution in [0, 0.1) is 23.7 Å². The Bertz CT molecular complexity index is 966. The fourth-order valence-electron chi connectivity index (χ4n) is 6.03. The Labute approximate surface area is 171 Å². The van der Waals surface area contributed by atoms with Crippen molar-refractivity contribution in [2.75, 3.05) is 21.3 Å². The molecule has 0 aromatic heterocycles. The first kappa shape index (κ1) is 18.3. The third-order valence-electron chi connectivity index (χ3n) is 7.11. The Balaban J connectivity index is 1.75. The molecule has 2 unspecified atom stereocenters. The van der Waals surface area contributed by atoms with Gasteiger partial charge in [0.05, 0.1) is 21.3 Å². The molecule has 0 spiro atoms. The van der Waals surface area contributed by atoms with Crippen molar-refractivity contribution in [3.05, 3.63) is 53.6 Å². The van der Waals surface area contributed by atoms with Crippen LogP contribution in [0.15, 0.2) is 42.5 Å². The molecule has 4 atom stereocenters. The van der Waals surface area contributed by atoms with Crippen molar-refractivity contribution < 1.29 is 19.0 Å². The van der Waals surface area contributed by atoms with Crippen LogP contribution in [0.1, 0.15) is 30.4 Å². The summed E-state index contributed by atoms with van der Waals surface area (Å²) in [4.78, 5) is 13.7. The summed E-state index contributed by atoms with van der Waals surface area (Å²) in [6.45, 7) is 0. The normalized spacial score (nSPS) is 27.3. The molecule has 0 saturated heterocycles. The number of methoxy groups -OCH3 is 3. The third kappa shape index (κ3) is 2.61. The maximum absolute atomic E-state index is 13.7. The third-order valence-corrected chi connectivity index (χ3v) is 7.11. The SMILES string of the molecule is COc1cc(C2=C(c3ccccc3)C3C(C2=O)[C@H]2CC[C@@H]3C2)cc(OC)c1OC. The molecule has 150 valence electrons. The quantitative estimate of drug-likeness (QED) is 0.731. The predicted molar refractivity (Wildman–Crippen MR) is 112 cm³/mol. The van der Waals surface area contributed by atoms with Crippen LogP contribution in [-0.2, 0) is 4.79 Å². The number of fused-ring (bicyclic) bond motifs is 5. The van der Waals surface area contributed by atoms with Crippen molar-refractivity contribution in [3.63, 3.8) is 0 Å². The first-order valence-corrected chi connectivity index (χ1v) is 10.3. The van der Waals surface area contributed by atoms with E-state index in [0.717, 1.165) is 16.7 Å². The van der Waals surface area contributed by atoms with E-state index in [-0.39, 0.29) is 11.7 Å². The largest absolute Gasteiger partial charge is 0.493 e. The van der Waals surface area contributed by atoms with Crippen molar-refractivity contribution in [3.8, 4) is 17.2 Å². The van der Waals surface area contributed by atoms with E-state index in [9.17, 15) is 4.79 Å². The molecule has 0 aliphatic heterocycles. The Morgan fingerprint density at radius 2 is 1.41 bits per heavy atom. The Kier molecular flexibility index (Phi) is 4.38. The second-order valence-corrected chi connectivity index (χ2v) is 8.32. The monoisotopic (exact) mass is 390 g/mol. The van der Waals surface area contributed by atoms with Crippen LogP contribution >= 0.6 is 0 Å². The summed E-state index contributed by atoms with van der Waals surface area (Å²) >= 11 is 0. The van der Waals surface area contributed by atoms with Gasteiger partial charge in [0.25, 0.3) is 0 Å². The van der Waals surface area contributed by atoms with Crippen LogP contribution in [0.2, 0.25) is 0 Å². The topological polar surface area (TPSA) is 44.8 Å². The highest BCUT2D eigenvalue weighted by molar-refractivity contribution is 6.33. The minimum absolute atomic E-state index is 0.123. The van der Waals surface area contributed by atoms with Gasteiger partial charge in [-0.15, -0.1) is 0 Å². The van der Waals surface area contributed by atoms with Gasteiger partial charge in [-0.05, 0) is 65.8 Å². The van der Waals surface area contributed by atoms with Gasteiger partial charge in [-0.3, -0.25) is 4.79 Å². The molecule has 0 amide bonds. The fraction of sp³-hybridized carbons (Fsp3) is 0.400. The van der Waals surface area contributed by atoms with Crippen LogP contribution in [0.25, 0.3) is 11.1 Å². The number of hydrogen-bond donors (Lipinski definition) is 0. The first-order chi connectivity index (χ1) is 14.2. The molecule has 0 radical (unpaired) electrons. The van der Waals surface area contributed by atoms with Gasteiger partial charge >= 0.3 is 0 Å². The van der Waals surface area contributed by atoms with Gasteiger partial charge < -0.3 is 14.2 Å². The van der Waals surface area contributed by atoms with E-state index in [4.69, 9.17) is 14.2 Å². The van der Waals surface area contributed by atoms with Gasteiger partial charge in [0.15, 0.2) is 17.3 Å². The van der Waals surface area contributed by atoms with Crippen LogP contribution < -0.4 is 14.2 Å². The van der Waals surface area contributed by atoms with Gasteiger partial charge in [0.1, 0.15) is 0 Å². The Morgan fingerprint density at radius 3 is 2.00 bits per heavy atom. The highest BCUT2D eigenvalue weighted by Gasteiger charge is 2.57. The molecule has 2 aromatic carbocycles. The zero-order valence-corrected chi connectivity index (χ0v) is 17.1. The van der Waals surface area contributed by atoms with Crippen molar-refractivity contribution in [2.45, 2.75) is 19.3 Å². The summed E-state index contributed by atoms with van der Waals surface area (Å²) in [5, 5.41) is 0. The average Bonchev–Trinajstić information content (AvgIpc) is 3.45. The number of rotatable bonds is 5. The molecular formula is C25H26O4. The van der Waals surface area contributed by atoms with Gasteiger partial charge in [-0.1, -0.05) is 30.3 Å². The molecule has 29 heavy (non-hydrogen) atoms. The molecule has 2 fully saturated rings. The zero-order chi connectivity index (χ0) is 20.1. The molecule has 2 saturated carbocycles. The number of carbonyl (C=O) groups is 1. The lowest BCUT2D eigenvalue weighted by Crippen LogP contribution is -2.24. The lowest BCUT2D eigenvalue weighted by atomic mass is 9.77. The van der Waals surface area contributed by atoms with E-state index < -0.39 is 0 Å². The fourth-order valence-corrected chi connectivity index (χ4v) is 6.03. The van der Waals surface area contributed by atoms with Crippen LogP contribution in [-0.4, -0.2) is 27.1 Å². The van der Waals surface area contributed by atoms with E-state index in [1.54, 1.807) is 21.3 Å². The summed E-state index contributed by atoms with van der Waals surface area (Å²) in [6.07, 6.45) is 3.61. The number of carbonyl (C=O) groups excluding carboxylic acids is 1. The Morgan fingerprint density at radius 1 is 0.793 bits per heavy atom. The molecule has 3 aliphatic carbocycles. The molecule has 4 heteroatoms. The number of Topliss-reactive ketones (excluding diaryl/α,β-unsaturated/α-hetero) is 1. The molecule has 2 bridgehead atoms. The Hall–Kier alpha value is -2.75. The molecule has 2 aromatic rings. The first-order valence-electron chi connectivity index (χ1n) is 10.3. The van der Waals surface area contributed by atoms with Crippen molar-refractivity contribution in [1.29, 1.82) is 0 Å². The van der Waals surface area contributed by atoms with E-state index in [2.05, 4.69) is 24.3 Å². The summed E-state index contributed by atoms with van der Waals surface area (Å²) in [7, 11) is 4.81. The maximum atomic E-state index is 13.7. The van der Waals surface area contributed by atoms with Crippen LogP contribution in [0.5, 0.6) is 17.2 Å². The molecular weight excluding hydrogens is 364 g/mol. The summed E-state index contributed by atoms with van der Waals surface area (Å²) in [6, 6.07) is 14.2. The number of hydrogen-bond acceptors (Lipinski definition) is 4. The number of ether oxygens (including phenoxy) is 3. The summed E-state index contributed by atoms with van der Waals surface area (Å²) in [5.74, 6) is 3.58. The maximum Gasteiger partial charge on any atom is 0.203 e. The average molecular weight is 390 g/mol. The molecule has 3 aliphatic rings. The van der Waals surface area contributed by atoms with Gasteiger partial charge in [-0.2, -0.15) is 0 Å². The van der Waals surface area contributed by atoms with Crippen LogP contribution in [0.3, 0.4) is 0 Å². The van der Waals surface area contributed by atoms with Gasteiger partial charge in [0.2, 0.25) is 5.75 Å². The number of allylic oxidation sites excluding steroid dienone is 2. The highest BCUT2D eigenvalue weighted by Crippen LogP contribution is 2.63. The predicted octanol–water partition coefficient (Wildman–Crippen LogP) is 4.87. The van der Waals surface area contributed by atoms with Crippen molar-refractivity contribution in [1.82, 2.24) is 0 Å². The highest BCUT2D eigenvalue weighted by atomic mass is 16.5. The minimum Gasteiger partial charge on any atom is -0.493 e. The molecule has 5 rings (SSSR count). The smallest absolute Gasteiger partial charge is 0.203 e. The van der Waals surface area contributed by atoms with Gasteiger partial charge in [-0.25, -0.2) is 0 Å². The van der Waals surface area contributed by atoms with Crippen LogP contribution in [0.4, 0.5) is 0 Å². The molecule has 4 nitrogen and oxygen atoms in total. The molecule has 0 heterocycles. The standard InChI is InChI=1S/C25H26O4/c1-27-18-12-17(13-19(28-2)25(18)29-3)23-20(14-7-5-4-6-8-14)21-15-9-10-16(11-15)22(21)24(23)26/h4-8,12-13,15-16,21-22H,9-11H2,1-3H3/t15-,16+,21?,22?/m1/s1.